The molecule has 0 rings (SSSR count). The molecule has 1 atom stereocenters. The Morgan fingerprint density at radius 3 is 0.942 bits per heavy atom. The summed E-state index contributed by atoms with van der Waals surface area (Å²) in [6.07, 6.45) is 81.9. The molecule has 0 saturated heterocycles. The monoisotopic (exact) mass is 963 g/mol. The number of aliphatic hydroxyl groups excluding tert-OH is 1. The minimum absolute atomic E-state index is 0.0681. The fourth-order valence-electron chi connectivity index (χ4n) is 8.76. The van der Waals surface area contributed by atoms with Gasteiger partial charge in [-0.25, -0.2) is 0 Å². The normalized spacial score (nSPS) is 12.7. The third kappa shape index (κ3) is 57.8. The van der Waals surface area contributed by atoms with Gasteiger partial charge in [-0.2, -0.15) is 0 Å². The fourth-order valence-corrected chi connectivity index (χ4v) is 8.76. The Kier molecular flexibility index (Phi) is 57.3. The molecule has 0 aromatic carbocycles. The van der Waals surface area contributed by atoms with Gasteiger partial charge in [0.1, 0.15) is 6.61 Å². The molecule has 400 valence electrons. The van der Waals surface area contributed by atoms with Gasteiger partial charge in [-0.1, -0.05) is 279 Å². The maximum absolute atomic E-state index is 12.3. The molecule has 0 aliphatic rings. The molecule has 0 aliphatic carbocycles. The molecule has 0 aromatic rings. The van der Waals surface area contributed by atoms with Gasteiger partial charge in [0.05, 0.1) is 6.61 Å². The molecule has 0 aromatic heterocycles. The zero-order valence-corrected chi connectivity index (χ0v) is 45.8. The van der Waals surface area contributed by atoms with Crippen molar-refractivity contribution in [2.75, 3.05) is 13.2 Å². The minimum atomic E-state index is -0.776. The van der Waals surface area contributed by atoms with Crippen molar-refractivity contribution < 1.29 is 24.2 Å². The number of esters is 2. The van der Waals surface area contributed by atoms with E-state index in [4.69, 9.17) is 9.47 Å². The quantitative estimate of drug-likeness (QED) is 0.0374. The van der Waals surface area contributed by atoms with Gasteiger partial charge >= 0.3 is 11.9 Å². The van der Waals surface area contributed by atoms with E-state index in [9.17, 15) is 14.7 Å². The number of aliphatic hydroxyl groups is 1. The first kappa shape index (κ1) is 66.3. The Morgan fingerprint density at radius 2 is 0.623 bits per heavy atom. The molecule has 0 saturated carbocycles. The van der Waals surface area contributed by atoms with Crippen LogP contribution in [0.25, 0.3) is 0 Å². The number of unbranched alkanes of at least 4 members (excludes halogenated alkanes) is 35. The number of carbonyl (C=O) groups is 2. The van der Waals surface area contributed by atoms with Crippen LogP contribution < -0.4 is 0 Å². The summed E-state index contributed by atoms with van der Waals surface area (Å²) in [5.41, 5.74) is 0. The van der Waals surface area contributed by atoms with Crippen LogP contribution >= 0.6 is 0 Å². The third-order valence-corrected chi connectivity index (χ3v) is 13.2. The van der Waals surface area contributed by atoms with Crippen LogP contribution in [-0.2, 0) is 19.1 Å². The Balaban J connectivity index is 3.41. The zero-order chi connectivity index (χ0) is 49.9. The van der Waals surface area contributed by atoms with Crippen LogP contribution in [0.1, 0.15) is 303 Å². The summed E-state index contributed by atoms with van der Waals surface area (Å²) in [4.78, 5) is 24.5. The highest BCUT2D eigenvalue weighted by Crippen LogP contribution is 2.17. The van der Waals surface area contributed by atoms with Crippen molar-refractivity contribution in [3.05, 3.63) is 72.9 Å². The maximum Gasteiger partial charge on any atom is 0.306 e. The molecule has 0 bridgehead atoms. The molecule has 69 heavy (non-hydrogen) atoms. The van der Waals surface area contributed by atoms with E-state index in [0.29, 0.717) is 12.8 Å². The van der Waals surface area contributed by atoms with Crippen LogP contribution in [-0.4, -0.2) is 36.4 Å². The van der Waals surface area contributed by atoms with Gasteiger partial charge in [0.2, 0.25) is 0 Å². The summed E-state index contributed by atoms with van der Waals surface area (Å²) in [6.45, 7) is 4.03. The van der Waals surface area contributed by atoms with Crippen LogP contribution in [0.3, 0.4) is 0 Å². The highest BCUT2D eigenvalue weighted by molar-refractivity contribution is 5.70. The summed E-state index contributed by atoms with van der Waals surface area (Å²) in [5, 5.41) is 9.65. The summed E-state index contributed by atoms with van der Waals surface area (Å²) in [7, 11) is 0. The van der Waals surface area contributed by atoms with Crippen molar-refractivity contribution in [3.63, 3.8) is 0 Å². The second kappa shape index (κ2) is 59.6. The van der Waals surface area contributed by atoms with Gasteiger partial charge in [0, 0.05) is 12.8 Å². The molecule has 0 radical (unpaired) electrons. The van der Waals surface area contributed by atoms with Gasteiger partial charge in [0.15, 0.2) is 6.10 Å². The Labute approximate surface area is 429 Å². The van der Waals surface area contributed by atoms with E-state index in [1.807, 2.05) is 0 Å². The van der Waals surface area contributed by atoms with Crippen molar-refractivity contribution in [2.24, 2.45) is 0 Å². The predicted octanol–water partition coefficient (Wildman–Crippen LogP) is 20.4. The van der Waals surface area contributed by atoms with Crippen LogP contribution in [0.5, 0.6) is 0 Å². The van der Waals surface area contributed by atoms with E-state index < -0.39 is 6.10 Å². The van der Waals surface area contributed by atoms with Gasteiger partial charge in [-0.15, -0.1) is 0 Å². The fraction of sp³-hybridized carbons (Fsp3) is 0.781. The number of hydrogen-bond acceptors (Lipinski definition) is 5. The third-order valence-electron chi connectivity index (χ3n) is 13.2. The molecule has 0 fully saturated rings. The molecule has 5 heteroatoms. The van der Waals surface area contributed by atoms with Crippen molar-refractivity contribution >= 4 is 11.9 Å². The van der Waals surface area contributed by atoms with Crippen molar-refractivity contribution in [1.82, 2.24) is 0 Å². The first-order valence-electron chi connectivity index (χ1n) is 30.0. The van der Waals surface area contributed by atoms with Crippen LogP contribution in [0.2, 0.25) is 0 Å². The van der Waals surface area contributed by atoms with Crippen LogP contribution in [0, 0.1) is 0 Å². The second-order valence-electron chi connectivity index (χ2n) is 20.0. The lowest BCUT2D eigenvalue weighted by molar-refractivity contribution is -0.161. The highest BCUT2D eigenvalue weighted by atomic mass is 16.6. The van der Waals surface area contributed by atoms with Gasteiger partial charge in [-0.3, -0.25) is 9.59 Å². The van der Waals surface area contributed by atoms with Crippen molar-refractivity contribution in [1.29, 1.82) is 0 Å². The van der Waals surface area contributed by atoms with E-state index in [1.165, 1.54) is 199 Å². The number of ether oxygens (including phenoxy) is 2. The number of allylic oxidation sites excluding steroid dienone is 12. The van der Waals surface area contributed by atoms with Gasteiger partial charge < -0.3 is 14.6 Å². The lowest BCUT2D eigenvalue weighted by Gasteiger charge is -2.15. The molecular weight excluding hydrogens is 849 g/mol. The largest absolute Gasteiger partial charge is 0.462 e. The van der Waals surface area contributed by atoms with Gasteiger partial charge in [-0.05, 0) is 83.5 Å². The minimum Gasteiger partial charge on any atom is -0.462 e. The summed E-state index contributed by atoms with van der Waals surface area (Å²) in [5.74, 6) is -0.588. The number of rotatable bonds is 55. The molecule has 0 aliphatic heterocycles. The van der Waals surface area contributed by atoms with Gasteiger partial charge in [0.25, 0.3) is 0 Å². The van der Waals surface area contributed by atoms with Crippen molar-refractivity contribution in [3.8, 4) is 0 Å². The summed E-state index contributed by atoms with van der Waals surface area (Å²) in [6, 6.07) is 0. The first-order valence-corrected chi connectivity index (χ1v) is 30.0. The maximum atomic E-state index is 12.3. The SMILES string of the molecule is CC/C=C\C/C=C\C/C=C\C/C=C\CCCCCCCCCCCCCCCCCCCCCCCCCCC(=O)OC(CO)COC(=O)CCCCCCCCC/C=C\C/C=C\CCCCCC. The number of hydrogen-bond donors (Lipinski definition) is 1. The molecule has 0 heterocycles. The van der Waals surface area contributed by atoms with Crippen LogP contribution in [0.4, 0.5) is 0 Å². The van der Waals surface area contributed by atoms with Crippen molar-refractivity contribution in [2.45, 2.75) is 309 Å². The average Bonchev–Trinajstić information content (AvgIpc) is 3.35. The van der Waals surface area contributed by atoms with E-state index >= 15 is 0 Å². The standard InChI is InChI=1S/C64H114O5/c1-3-5-7-9-11-13-15-17-19-21-23-24-25-26-27-28-29-30-31-32-33-34-35-36-37-38-39-40-41-43-45-47-49-51-53-55-57-59-64(67)69-62(60-65)61-68-63(66)58-56-54-52-50-48-46-44-42-22-20-18-16-14-12-10-8-6-4-2/h5,7,11,13-14,16-17,19-20,22-24,62,65H,3-4,6,8-10,12,15,18,21,25-61H2,1-2H3/b7-5-,13-11-,16-14-,19-17-,22-20-,24-23-. The Morgan fingerprint density at radius 1 is 0.348 bits per heavy atom. The number of carbonyl (C=O) groups excluding carboxylic acids is 2. The first-order chi connectivity index (χ1) is 34.1. The van der Waals surface area contributed by atoms with E-state index in [-0.39, 0.29) is 25.2 Å². The van der Waals surface area contributed by atoms with E-state index in [0.717, 1.165) is 77.0 Å². The lowest BCUT2D eigenvalue weighted by atomic mass is 10.0. The molecule has 1 N–H and O–H groups in total. The predicted molar refractivity (Wildman–Crippen MR) is 302 cm³/mol. The molecular formula is C64H114O5. The molecule has 0 amide bonds. The van der Waals surface area contributed by atoms with E-state index in [1.54, 1.807) is 0 Å². The Hall–Kier alpha value is -2.66. The highest BCUT2D eigenvalue weighted by Gasteiger charge is 2.16. The summed E-state index contributed by atoms with van der Waals surface area (Å²) < 4.78 is 10.7. The Bertz CT molecular complexity index is 1230. The lowest BCUT2D eigenvalue weighted by Crippen LogP contribution is -2.28. The summed E-state index contributed by atoms with van der Waals surface area (Å²) >= 11 is 0. The molecule has 5 nitrogen and oxygen atoms in total. The topological polar surface area (TPSA) is 72.8 Å². The zero-order valence-electron chi connectivity index (χ0n) is 45.8. The smallest absolute Gasteiger partial charge is 0.306 e. The molecule has 1 unspecified atom stereocenters. The average molecular weight is 964 g/mol. The van der Waals surface area contributed by atoms with Crippen LogP contribution in [0.15, 0.2) is 72.9 Å². The second-order valence-corrected chi connectivity index (χ2v) is 20.0. The van der Waals surface area contributed by atoms with E-state index in [2.05, 4.69) is 86.8 Å². The molecule has 0 spiro atoms.